The van der Waals surface area contributed by atoms with E-state index in [-0.39, 0.29) is 0 Å². The van der Waals surface area contributed by atoms with Crippen LogP contribution in [-0.2, 0) is 5.41 Å². The van der Waals surface area contributed by atoms with Crippen molar-refractivity contribution < 1.29 is 0 Å². The van der Waals surface area contributed by atoms with Crippen LogP contribution in [0, 0.1) is 13.8 Å². The van der Waals surface area contributed by atoms with Crippen LogP contribution in [0.4, 0.5) is 17.1 Å². The summed E-state index contributed by atoms with van der Waals surface area (Å²) in [7, 11) is 0. The number of fused-ring (bicyclic) bond motifs is 5. The number of thiophene rings is 1. The Kier molecular flexibility index (Phi) is 8.16. The van der Waals surface area contributed by atoms with E-state index in [0.717, 1.165) is 46.6 Å². The van der Waals surface area contributed by atoms with Gasteiger partial charge in [0.2, 0.25) is 0 Å². The number of nitrogens with zero attached hydrogens (tertiary/aromatic N) is 3. The number of allylic oxidation sites excluding steroid dienone is 4. The average Bonchev–Trinajstić information content (AvgIpc) is 3.96. The summed E-state index contributed by atoms with van der Waals surface area (Å²) < 4.78 is 3.62. The average molecular weight is 764 g/mol. The Labute approximate surface area is 343 Å². The van der Waals surface area contributed by atoms with E-state index in [1.807, 2.05) is 0 Å². The molecule has 0 radical (unpaired) electrons. The molecule has 0 unspecified atom stereocenters. The minimum atomic E-state index is -0.502. The molecular formula is C54H41N3S. The van der Waals surface area contributed by atoms with Crippen molar-refractivity contribution in [2.75, 3.05) is 4.90 Å². The second-order valence-electron chi connectivity index (χ2n) is 15.6. The lowest BCUT2D eigenvalue weighted by Gasteiger charge is -2.35. The van der Waals surface area contributed by atoms with Crippen molar-refractivity contribution >= 4 is 55.2 Å². The second-order valence-corrected chi connectivity index (χ2v) is 16.6. The molecule has 278 valence electrons. The van der Waals surface area contributed by atoms with Gasteiger partial charge in [-0.2, -0.15) is 0 Å². The van der Waals surface area contributed by atoms with Gasteiger partial charge in [-0.3, -0.25) is 4.57 Å². The Morgan fingerprint density at radius 1 is 0.638 bits per heavy atom. The number of aryl methyl sites for hydroxylation is 2. The molecule has 58 heavy (non-hydrogen) atoms. The van der Waals surface area contributed by atoms with Crippen molar-refractivity contribution in [3.63, 3.8) is 0 Å². The Balaban J connectivity index is 1.12. The van der Waals surface area contributed by atoms with Crippen LogP contribution >= 0.6 is 11.3 Å². The van der Waals surface area contributed by atoms with Gasteiger partial charge in [-0.05, 0) is 121 Å². The third kappa shape index (κ3) is 5.36. The predicted octanol–water partition coefficient (Wildman–Crippen LogP) is 14.6. The van der Waals surface area contributed by atoms with Crippen LogP contribution in [0.15, 0.2) is 187 Å². The third-order valence-electron chi connectivity index (χ3n) is 12.2. The van der Waals surface area contributed by atoms with Gasteiger partial charge in [0.1, 0.15) is 5.82 Å². The maximum atomic E-state index is 5.21. The van der Waals surface area contributed by atoms with Gasteiger partial charge in [-0.15, -0.1) is 11.3 Å². The molecule has 0 saturated carbocycles. The molecule has 0 spiro atoms. The van der Waals surface area contributed by atoms with E-state index in [9.17, 15) is 0 Å². The van der Waals surface area contributed by atoms with E-state index in [2.05, 4.69) is 211 Å². The maximum Gasteiger partial charge on any atom is 0.145 e. The predicted molar refractivity (Wildman–Crippen MR) is 245 cm³/mol. The van der Waals surface area contributed by atoms with E-state index >= 15 is 0 Å². The lowest BCUT2D eigenvalue weighted by atomic mass is 9.67. The zero-order chi connectivity index (χ0) is 38.8. The van der Waals surface area contributed by atoms with E-state index in [0.29, 0.717) is 0 Å². The summed E-state index contributed by atoms with van der Waals surface area (Å²) in [5.41, 5.74) is 17.6. The fraction of sp³-hybridized carbons (Fsp3) is 0.0926. The zero-order valence-electron chi connectivity index (χ0n) is 32.6. The highest BCUT2D eigenvalue weighted by Gasteiger charge is 2.46. The van der Waals surface area contributed by atoms with Gasteiger partial charge in [0.05, 0.1) is 22.1 Å². The number of imidazole rings is 1. The number of benzene rings is 7. The molecule has 11 rings (SSSR count). The molecule has 2 heterocycles. The highest BCUT2D eigenvalue weighted by atomic mass is 32.1. The van der Waals surface area contributed by atoms with Crippen molar-refractivity contribution in [3.05, 3.63) is 221 Å². The molecule has 0 amide bonds. The summed E-state index contributed by atoms with van der Waals surface area (Å²) in [5, 5.41) is 3.55. The standard InChI is InChI=1S/C54H41N3S/c1-36-20-26-39(27-21-36)54(40-28-22-37(2)23-29-40)47-16-8-6-14-44(47)45-33-32-43(34-48(45)54)56(51-35-58-52-19-11-7-15-46(51)52)42-30-24-38(25-31-42)53-55-49-17-9-10-18-50(49)57(53)41-12-4-3-5-13-41/h3-4,6-12,14-35H,5,13H2,1-2H3. The lowest BCUT2D eigenvalue weighted by molar-refractivity contribution is 0.767. The van der Waals surface area contributed by atoms with E-state index in [1.54, 1.807) is 11.3 Å². The molecule has 2 aliphatic rings. The number of aromatic nitrogens is 2. The van der Waals surface area contributed by atoms with Gasteiger partial charge in [-0.1, -0.05) is 132 Å². The molecule has 7 aromatic carbocycles. The Bertz CT molecular complexity index is 3020. The van der Waals surface area contributed by atoms with Crippen molar-refractivity contribution in [2.24, 2.45) is 0 Å². The fourth-order valence-electron chi connectivity index (χ4n) is 9.41. The topological polar surface area (TPSA) is 21.1 Å². The zero-order valence-corrected chi connectivity index (χ0v) is 33.4. The smallest absolute Gasteiger partial charge is 0.145 e. The second kappa shape index (κ2) is 13.7. The van der Waals surface area contributed by atoms with Crippen molar-refractivity contribution in [1.29, 1.82) is 0 Å². The summed E-state index contributed by atoms with van der Waals surface area (Å²) in [5.74, 6) is 0.970. The SMILES string of the molecule is Cc1ccc(C2(c3ccc(C)cc3)c3ccccc3-c3ccc(N(c4ccc(-c5nc6ccccc6n5C5=CC=CCC5)cc4)c4csc5ccccc45)cc32)cc1. The van der Waals surface area contributed by atoms with Crippen molar-refractivity contribution in [2.45, 2.75) is 32.1 Å². The van der Waals surface area contributed by atoms with E-state index < -0.39 is 5.41 Å². The van der Waals surface area contributed by atoms with Gasteiger partial charge >= 0.3 is 0 Å². The number of hydrogen-bond donors (Lipinski definition) is 0. The first kappa shape index (κ1) is 34.5. The van der Waals surface area contributed by atoms with Crippen molar-refractivity contribution in [3.8, 4) is 22.5 Å². The monoisotopic (exact) mass is 763 g/mol. The molecule has 0 saturated heterocycles. The number of hydrogen-bond acceptors (Lipinski definition) is 3. The normalized spacial score (nSPS) is 14.1. The molecule has 0 atom stereocenters. The maximum absolute atomic E-state index is 5.21. The van der Waals surface area contributed by atoms with Crippen LogP contribution in [0.5, 0.6) is 0 Å². The van der Waals surface area contributed by atoms with Crippen LogP contribution in [0.3, 0.4) is 0 Å². The first-order chi connectivity index (χ1) is 28.6. The molecule has 0 bridgehead atoms. The Morgan fingerprint density at radius 3 is 2.07 bits per heavy atom. The van der Waals surface area contributed by atoms with E-state index in [4.69, 9.17) is 4.98 Å². The minimum Gasteiger partial charge on any atom is -0.309 e. The molecule has 4 heteroatoms. The molecule has 3 nitrogen and oxygen atoms in total. The molecule has 2 aromatic heterocycles. The molecule has 2 aliphatic carbocycles. The van der Waals surface area contributed by atoms with Crippen LogP contribution in [-0.4, -0.2) is 9.55 Å². The summed E-state index contributed by atoms with van der Waals surface area (Å²) >= 11 is 1.80. The lowest BCUT2D eigenvalue weighted by Crippen LogP contribution is -2.28. The van der Waals surface area contributed by atoms with E-state index in [1.165, 1.54) is 66.0 Å². The summed E-state index contributed by atoms with van der Waals surface area (Å²) in [6, 6.07) is 60.8. The number of rotatable bonds is 7. The van der Waals surface area contributed by atoms with Crippen LogP contribution in [0.2, 0.25) is 0 Å². The first-order valence-electron chi connectivity index (χ1n) is 20.2. The summed E-state index contributed by atoms with van der Waals surface area (Å²) in [6.07, 6.45) is 8.66. The largest absolute Gasteiger partial charge is 0.309 e. The Morgan fingerprint density at radius 2 is 1.31 bits per heavy atom. The fourth-order valence-corrected chi connectivity index (χ4v) is 10.3. The third-order valence-corrected chi connectivity index (χ3v) is 13.1. The van der Waals surface area contributed by atoms with Crippen LogP contribution in [0.25, 0.3) is 49.3 Å². The van der Waals surface area contributed by atoms with Gasteiger partial charge < -0.3 is 4.90 Å². The van der Waals surface area contributed by atoms with Gasteiger partial charge in [0.15, 0.2) is 0 Å². The minimum absolute atomic E-state index is 0.502. The summed E-state index contributed by atoms with van der Waals surface area (Å²) in [4.78, 5) is 7.67. The highest BCUT2D eigenvalue weighted by Crippen LogP contribution is 2.57. The van der Waals surface area contributed by atoms with Gasteiger partial charge in [-0.25, -0.2) is 4.98 Å². The molecule has 0 fully saturated rings. The van der Waals surface area contributed by atoms with Crippen LogP contribution in [0.1, 0.15) is 46.2 Å². The van der Waals surface area contributed by atoms with Crippen molar-refractivity contribution in [1.82, 2.24) is 9.55 Å². The van der Waals surface area contributed by atoms with Gasteiger partial charge in [0.25, 0.3) is 0 Å². The highest BCUT2D eigenvalue weighted by molar-refractivity contribution is 7.17. The van der Waals surface area contributed by atoms with Crippen LogP contribution < -0.4 is 4.90 Å². The molecule has 0 N–H and O–H groups in total. The first-order valence-corrected chi connectivity index (χ1v) is 21.0. The number of para-hydroxylation sites is 2. The summed E-state index contributed by atoms with van der Waals surface area (Å²) in [6.45, 7) is 4.34. The number of anilines is 3. The molecule has 0 aliphatic heterocycles. The quantitative estimate of drug-likeness (QED) is 0.161. The Hall–Kier alpha value is -6.75. The molecule has 9 aromatic rings. The molecular weight excluding hydrogens is 723 g/mol. The van der Waals surface area contributed by atoms with Gasteiger partial charge in [0, 0.05) is 38.1 Å².